The van der Waals surface area contributed by atoms with E-state index < -0.39 is 60.5 Å². The van der Waals surface area contributed by atoms with Crippen LogP contribution >= 0.6 is 11.6 Å². The molecule has 0 aromatic heterocycles. The van der Waals surface area contributed by atoms with Crippen LogP contribution in [0.4, 0.5) is 8.78 Å². The minimum absolute atomic E-state index is 0.113. The van der Waals surface area contributed by atoms with Crippen molar-refractivity contribution in [1.29, 1.82) is 0 Å². The van der Waals surface area contributed by atoms with Crippen LogP contribution in [-0.2, 0) is 33.4 Å². The van der Waals surface area contributed by atoms with Crippen LogP contribution < -0.4 is 10.6 Å². The predicted octanol–water partition coefficient (Wildman–Crippen LogP) is 2.51. The summed E-state index contributed by atoms with van der Waals surface area (Å²) in [6, 6.07) is 6.40. The van der Waals surface area contributed by atoms with Crippen molar-refractivity contribution in [3.8, 4) is 0 Å². The molecule has 4 rings (SSSR count). The monoisotopic (exact) mass is 464 g/mol. The zero-order valence-corrected chi connectivity index (χ0v) is 17.2. The number of benzene rings is 2. The molecule has 0 spiro atoms. The Kier molecular flexibility index (Phi) is 4.74. The summed E-state index contributed by atoms with van der Waals surface area (Å²) in [4.78, 5) is 50.0. The summed E-state index contributed by atoms with van der Waals surface area (Å²) in [5, 5.41) is 2.26. The molecule has 2 aliphatic heterocycles. The van der Waals surface area contributed by atoms with Crippen LogP contribution in [-0.4, -0.2) is 34.5 Å². The molecule has 1 fully saturated rings. The lowest BCUT2D eigenvalue weighted by Crippen LogP contribution is -2.52. The van der Waals surface area contributed by atoms with Gasteiger partial charge in [-0.25, -0.2) is 0 Å². The Bertz CT molecular complexity index is 1250. The Morgan fingerprint density at radius 3 is 2.72 bits per heavy atom. The van der Waals surface area contributed by atoms with Crippen molar-refractivity contribution >= 4 is 35.2 Å². The Labute approximate surface area is 191 Å². The Morgan fingerprint density at radius 1 is 1.28 bits per heavy atom. The van der Waals surface area contributed by atoms with Gasteiger partial charge in [-0.1, -0.05) is 35.9 Å². The highest BCUT2D eigenvalue weighted by atomic mass is 35.5. The number of hydrogen-bond donors (Lipinski definition) is 2. The molecule has 2 aliphatic rings. The Balaban J connectivity index is 1.51. The van der Waals surface area contributed by atoms with Crippen molar-refractivity contribution in [3.63, 3.8) is 0 Å². The molecule has 2 atom stereocenters. The molecule has 166 valence electrons. The number of alkyl halides is 2. The second-order valence-electron chi connectivity index (χ2n) is 7.26. The van der Waals surface area contributed by atoms with Gasteiger partial charge >= 0.3 is 5.92 Å². The number of piperidine rings is 1. The fraction of sp³-hybridized carbons (Fsp3) is 0.273. The lowest BCUT2D eigenvalue weighted by Gasteiger charge is -2.29. The summed E-state index contributed by atoms with van der Waals surface area (Å²) in [7, 11) is 0. The van der Waals surface area contributed by atoms with Crippen LogP contribution in [0.5, 0.6) is 0 Å². The first kappa shape index (κ1) is 18.3. The molecule has 2 N–H and O–H groups in total. The van der Waals surface area contributed by atoms with Gasteiger partial charge in [0.1, 0.15) is 6.02 Å². The first-order chi connectivity index (χ1) is 16.3. The number of amides is 4. The third-order valence-corrected chi connectivity index (χ3v) is 5.41. The number of carbonyl (C=O) groups is 4. The summed E-state index contributed by atoms with van der Waals surface area (Å²) in [6.07, 6.45) is -1.90. The molecule has 1 saturated heterocycles. The Hall–Kier alpha value is -3.33. The van der Waals surface area contributed by atoms with Crippen LogP contribution in [0.1, 0.15) is 42.6 Å². The van der Waals surface area contributed by atoms with E-state index in [0.29, 0.717) is 5.56 Å². The summed E-state index contributed by atoms with van der Waals surface area (Å²) in [5.41, 5.74) is 0.169. The third kappa shape index (κ3) is 4.08. The highest BCUT2D eigenvalue weighted by Gasteiger charge is 2.41. The number of nitrogens with zero attached hydrogens (tertiary/aromatic N) is 1. The van der Waals surface area contributed by atoms with Gasteiger partial charge in [0.25, 0.3) is 11.8 Å². The number of rotatable bonds is 5. The smallest absolute Gasteiger partial charge is 0.346 e. The lowest BCUT2D eigenvalue weighted by molar-refractivity contribution is -0.147. The minimum atomic E-state index is -3.97. The van der Waals surface area contributed by atoms with Gasteiger partial charge in [-0.2, -0.15) is 8.78 Å². The van der Waals surface area contributed by atoms with Gasteiger partial charge in [-0.05, 0) is 35.7 Å². The summed E-state index contributed by atoms with van der Waals surface area (Å²) in [5.74, 6) is -8.24. The quantitative estimate of drug-likeness (QED) is 0.665. The highest BCUT2D eigenvalue weighted by molar-refractivity contribution is 6.30. The van der Waals surface area contributed by atoms with E-state index in [2.05, 4.69) is 0 Å². The van der Waals surface area contributed by atoms with Gasteiger partial charge < -0.3 is 10.2 Å². The van der Waals surface area contributed by atoms with E-state index in [1.165, 1.54) is 30.3 Å². The highest BCUT2D eigenvalue weighted by Crippen LogP contribution is 2.30. The van der Waals surface area contributed by atoms with Crippen LogP contribution in [0, 0.1) is 0 Å². The van der Waals surface area contributed by atoms with E-state index in [0.717, 1.165) is 17.0 Å². The van der Waals surface area contributed by atoms with Crippen LogP contribution in [0.2, 0.25) is 6.43 Å². The van der Waals surface area contributed by atoms with E-state index in [1.54, 1.807) is 0 Å². The van der Waals surface area contributed by atoms with E-state index in [-0.39, 0.29) is 28.0 Å². The van der Waals surface area contributed by atoms with Crippen molar-refractivity contribution in [2.45, 2.75) is 37.8 Å². The fourth-order valence-corrected chi connectivity index (χ4v) is 3.61. The molecular weight excluding hydrogens is 444 g/mol. The van der Waals surface area contributed by atoms with Gasteiger partial charge in [-0.15, -0.1) is 0 Å². The van der Waals surface area contributed by atoms with Crippen molar-refractivity contribution in [3.05, 3.63) is 69.7 Å². The third-order valence-electron chi connectivity index (χ3n) is 5.16. The predicted molar refractivity (Wildman–Crippen MR) is 110 cm³/mol. The van der Waals surface area contributed by atoms with E-state index >= 15 is 0 Å². The SMILES string of the molecule is [2H]C1C[C@]([2H])(N2Cc3cc(CN([2H])C(=O)C(F)(F)c4ccc(Cl)cc4)ccc3C2=O)C(=O)NC1=O. The molecule has 2 aromatic carbocycles. The summed E-state index contributed by atoms with van der Waals surface area (Å²) >= 11 is 5.70. The first-order valence-electron chi connectivity index (χ1n) is 11.0. The van der Waals surface area contributed by atoms with E-state index in [4.69, 9.17) is 15.8 Å². The average molecular weight is 465 g/mol. The number of nitrogens with one attached hydrogen (secondary N) is 2. The molecule has 1 unspecified atom stereocenters. The summed E-state index contributed by atoms with van der Waals surface area (Å²) < 4.78 is 53.3. The number of halogens is 3. The standard InChI is InChI=1S/C22H18ClF2N3O4/c23-15-4-2-14(3-5-15)22(24,25)21(32)26-10-12-1-6-16-13(9-12)11-28(20(16)31)17-7-8-18(29)27-19(17)30/h1-6,9,17H,7-8,10-11H2,(H,26,32)(H,27,29,30)/t17-/m0/s1/i8D,17D/hD/t8?,17-. The number of hydrogen-bond acceptors (Lipinski definition) is 4. The lowest BCUT2D eigenvalue weighted by atomic mass is 10.0. The molecule has 7 nitrogen and oxygen atoms in total. The van der Waals surface area contributed by atoms with Gasteiger partial charge in [0.05, 0.1) is 1.37 Å². The molecule has 32 heavy (non-hydrogen) atoms. The van der Waals surface area contributed by atoms with E-state index in [1.807, 2.05) is 5.32 Å². The molecular formula is C22H18ClF2N3O4. The molecule has 2 aromatic rings. The molecule has 10 heteroatoms. The Morgan fingerprint density at radius 2 is 2.00 bits per heavy atom. The van der Waals surface area contributed by atoms with Crippen molar-refractivity contribution < 1.29 is 32.1 Å². The largest absolute Gasteiger partial charge is 0.349 e. The maximum absolute atomic E-state index is 14.6. The van der Waals surface area contributed by atoms with Crippen LogP contribution in [0.15, 0.2) is 42.5 Å². The molecule has 2 heterocycles. The van der Waals surface area contributed by atoms with Crippen molar-refractivity contribution in [1.82, 2.24) is 15.5 Å². The second kappa shape index (κ2) is 8.31. The van der Waals surface area contributed by atoms with Gasteiger partial charge in [0.2, 0.25) is 11.8 Å². The number of imide groups is 1. The normalized spacial score (nSPS) is 24.3. The zero-order valence-electron chi connectivity index (χ0n) is 19.4. The maximum atomic E-state index is 14.6. The zero-order chi connectivity index (χ0) is 25.7. The molecule has 0 bridgehead atoms. The molecule has 4 amide bonds. The minimum Gasteiger partial charge on any atom is -0.346 e. The van der Waals surface area contributed by atoms with Gasteiger partial charge in [0.15, 0.2) is 1.41 Å². The molecule has 0 saturated carbocycles. The first-order valence-corrected chi connectivity index (χ1v) is 9.88. The van der Waals surface area contributed by atoms with Crippen LogP contribution in [0.25, 0.3) is 0 Å². The van der Waals surface area contributed by atoms with Crippen LogP contribution in [0.3, 0.4) is 0 Å². The summed E-state index contributed by atoms with van der Waals surface area (Å²) in [6.45, 7) is -0.716. The van der Waals surface area contributed by atoms with Gasteiger partial charge in [-0.3, -0.25) is 24.5 Å². The van der Waals surface area contributed by atoms with Gasteiger partial charge in [0, 0.05) is 37.0 Å². The second-order valence-corrected chi connectivity index (χ2v) is 7.70. The van der Waals surface area contributed by atoms with Crippen molar-refractivity contribution in [2.75, 3.05) is 0 Å². The van der Waals surface area contributed by atoms with Crippen molar-refractivity contribution in [2.24, 2.45) is 0 Å². The fourth-order valence-electron chi connectivity index (χ4n) is 3.49. The molecule has 0 aliphatic carbocycles. The number of fused-ring (bicyclic) bond motifs is 1. The molecule has 0 radical (unpaired) electrons. The topological polar surface area (TPSA) is 95.6 Å². The number of carbonyl (C=O) groups excluding carboxylic acids is 4. The maximum Gasteiger partial charge on any atom is 0.349 e. The van der Waals surface area contributed by atoms with E-state index in [9.17, 15) is 28.0 Å². The average Bonchev–Trinajstić information content (AvgIpc) is 3.14.